The number of aryl methyl sites for hydroxylation is 1. The van der Waals surface area contributed by atoms with E-state index in [0.29, 0.717) is 49.8 Å². The van der Waals surface area contributed by atoms with Crippen molar-refractivity contribution in [1.82, 2.24) is 5.32 Å². The summed E-state index contributed by atoms with van der Waals surface area (Å²) in [5.41, 5.74) is 1.98. The lowest BCUT2D eigenvalue weighted by molar-refractivity contribution is 0.126. The summed E-state index contributed by atoms with van der Waals surface area (Å²) in [5, 5.41) is 31.9. The number of nitrogens with one attached hydrogen (secondary N) is 1. The minimum atomic E-state index is -1.66. The van der Waals surface area contributed by atoms with Crippen molar-refractivity contribution < 1.29 is 25.5 Å². The van der Waals surface area contributed by atoms with E-state index in [1.807, 2.05) is 30.3 Å². The molecular weight excluding hydrogens is 378 g/mol. The van der Waals surface area contributed by atoms with Gasteiger partial charge in [0.25, 0.3) is 0 Å². The highest BCUT2D eigenvalue weighted by molar-refractivity contribution is 5.36. The van der Waals surface area contributed by atoms with Gasteiger partial charge in [0.15, 0.2) is 0 Å². The summed E-state index contributed by atoms with van der Waals surface area (Å²) in [6, 6.07) is 14.4. The molecule has 0 radical (unpaired) electrons. The zero-order chi connectivity index (χ0) is 25.0. The van der Waals surface area contributed by atoms with Crippen molar-refractivity contribution in [3.63, 3.8) is 0 Å². The lowest BCUT2D eigenvalue weighted by atomic mass is 10.1. The molecule has 0 saturated heterocycles. The van der Waals surface area contributed by atoms with Gasteiger partial charge in [-0.05, 0) is 61.9 Å². The maximum atomic E-state index is 10.3. The number of aliphatic hydroxyl groups is 2. The zero-order valence-electron chi connectivity index (χ0n) is 21.5. The molecule has 1 unspecified atom stereocenters. The molecule has 0 aromatic heterocycles. The Kier molecular flexibility index (Phi) is 9.39. The molecule has 0 bridgehead atoms. The van der Waals surface area contributed by atoms with Crippen LogP contribution in [0.4, 0.5) is 0 Å². The molecule has 5 nitrogen and oxygen atoms in total. The molecule has 0 aliphatic heterocycles. The second kappa shape index (κ2) is 15.0. The Labute approximate surface area is 186 Å². The minimum absolute atomic E-state index is 0.00502. The van der Waals surface area contributed by atoms with Gasteiger partial charge in [-0.25, -0.2) is 0 Å². The van der Waals surface area contributed by atoms with E-state index in [9.17, 15) is 15.3 Å². The van der Waals surface area contributed by atoms with Crippen molar-refractivity contribution >= 4 is 0 Å². The number of hydrogen-bond acceptors (Lipinski definition) is 5. The third-order valence-electron chi connectivity index (χ3n) is 4.82. The highest BCUT2D eigenvalue weighted by Crippen LogP contribution is 2.22. The van der Waals surface area contributed by atoms with Gasteiger partial charge in [-0.15, -0.1) is 0 Å². The lowest BCUT2D eigenvalue weighted by Crippen LogP contribution is -2.22. The lowest BCUT2D eigenvalue weighted by Gasteiger charge is -2.14. The Balaban J connectivity index is 1.59. The summed E-state index contributed by atoms with van der Waals surface area (Å²) in [6.45, 7) is -3.38. The number of aliphatic hydroxyl groups excluding tert-OH is 2. The number of unbranched alkanes of at least 4 members (excludes halogenated alkanes) is 2. The maximum absolute atomic E-state index is 10.3. The van der Waals surface area contributed by atoms with Crippen LogP contribution in [0.2, 0.25) is 0 Å². The van der Waals surface area contributed by atoms with Crippen molar-refractivity contribution in [3.05, 3.63) is 65.2 Å². The predicted octanol–water partition coefficient (Wildman–Crippen LogP) is 4.11. The molecule has 0 saturated carbocycles. The molecule has 4 N–H and O–H groups in total. The van der Waals surface area contributed by atoms with E-state index in [-0.39, 0.29) is 25.3 Å². The Bertz CT molecular complexity index is 852. The van der Waals surface area contributed by atoms with Crippen molar-refractivity contribution in [2.24, 2.45) is 0 Å². The topological polar surface area (TPSA) is 82.0 Å². The molecule has 2 aromatic carbocycles. The first-order valence-corrected chi connectivity index (χ1v) is 10.7. The summed E-state index contributed by atoms with van der Waals surface area (Å²) >= 11 is 0. The number of hydrogen-bond donors (Lipinski definition) is 4. The van der Waals surface area contributed by atoms with Gasteiger partial charge in [-0.3, -0.25) is 0 Å². The SMILES string of the molecule is [2H]C([2H])(CCCCCOC([2H])([2H])CCCc1ccccc1)NCC(O)c1ccc(O)c(CO)c1. The van der Waals surface area contributed by atoms with Gasteiger partial charge in [-0.1, -0.05) is 49.2 Å². The highest BCUT2D eigenvalue weighted by atomic mass is 16.5. The smallest absolute Gasteiger partial charge is 0.121 e. The van der Waals surface area contributed by atoms with Crippen molar-refractivity contribution in [1.29, 1.82) is 0 Å². The van der Waals surface area contributed by atoms with Gasteiger partial charge in [0.1, 0.15) is 5.75 Å². The van der Waals surface area contributed by atoms with Crippen LogP contribution in [0.1, 0.15) is 66.8 Å². The quantitative estimate of drug-likeness (QED) is 0.308. The molecule has 0 spiro atoms. The van der Waals surface area contributed by atoms with Crippen LogP contribution >= 0.6 is 0 Å². The predicted molar refractivity (Wildman–Crippen MR) is 121 cm³/mol. The van der Waals surface area contributed by atoms with E-state index >= 15 is 0 Å². The van der Waals surface area contributed by atoms with E-state index in [4.69, 9.17) is 10.2 Å². The number of phenols is 1. The molecule has 2 aromatic rings. The van der Waals surface area contributed by atoms with Crippen LogP contribution in [0.5, 0.6) is 5.75 Å². The molecule has 5 heteroatoms. The zero-order valence-corrected chi connectivity index (χ0v) is 17.5. The van der Waals surface area contributed by atoms with Crippen LogP contribution < -0.4 is 5.32 Å². The molecule has 0 amide bonds. The first kappa shape index (κ1) is 18.8. The normalized spacial score (nSPS) is 15.1. The van der Waals surface area contributed by atoms with Crippen molar-refractivity contribution in [2.75, 3.05) is 26.2 Å². The maximum Gasteiger partial charge on any atom is 0.121 e. The summed E-state index contributed by atoms with van der Waals surface area (Å²) in [4.78, 5) is 0. The van der Waals surface area contributed by atoms with Gasteiger partial charge in [0.05, 0.1) is 15.5 Å². The Hall–Kier alpha value is -1.92. The van der Waals surface area contributed by atoms with Crippen LogP contribution in [0.15, 0.2) is 48.5 Å². The molecule has 0 aliphatic rings. The standard InChI is InChI=1S/C25H37NO4/c27-20-23-18-22(13-14-24(23)28)25(29)19-26-15-7-1-2-8-16-30-17-9-6-12-21-10-4-3-5-11-21/h3-5,10-11,13-14,18,25-29H,1-2,6-9,12,15-17,19-20H2/i15D2,17D2. The Morgan fingerprint density at radius 2 is 1.77 bits per heavy atom. The van der Waals surface area contributed by atoms with Crippen molar-refractivity contribution in [3.8, 4) is 5.75 Å². The number of ether oxygens (including phenoxy) is 1. The van der Waals surface area contributed by atoms with E-state index in [1.54, 1.807) is 0 Å². The molecule has 0 aliphatic carbocycles. The Morgan fingerprint density at radius 3 is 2.57 bits per heavy atom. The second-order valence-corrected chi connectivity index (χ2v) is 7.26. The Morgan fingerprint density at radius 1 is 0.967 bits per heavy atom. The molecule has 166 valence electrons. The average Bonchev–Trinajstić information content (AvgIpc) is 2.80. The van der Waals surface area contributed by atoms with E-state index < -0.39 is 19.2 Å². The summed E-state index contributed by atoms with van der Waals surface area (Å²) in [7, 11) is 0. The summed E-state index contributed by atoms with van der Waals surface area (Å²) in [5.74, 6) is -0.0500. The fourth-order valence-electron chi connectivity index (χ4n) is 3.03. The van der Waals surface area contributed by atoms with Gasteiger partial charge < -0.3 is 25.4 Å². The van der Waals surface area contributed by atoms with E-state index in [1.165, 1.54) is 23.8 Å². The first-order valence-electron chi connectivity index (χ1n) is 12.7. The average molecular weight is 420 g/mol. The molecule has 0 heterocycles. The monoisotopic (exact) mass is 419 g/mol. The number of benzene rings is 2. The second-order valence-electron chi connectivity index (χ2n) is 7.26. The largest absolute Gasteiger partial charge is 0.508 e. The molecular formula is C25H37NO4. The fraction of sp³-hybridized carbons (Fsp3) is 0.520. The number of rotatable bonds is 16. The first-order chi connectivity index (χ1) is 16.1. The van der Waals surface area contributed by atoms with Gasteiger partial charge in [0.2, 0.25) is 0 Å². The summed E-state index contributed by atoms with van der Waals surface area (Å²) < 4.78 is 37.6. The van der Waals surface area contributed by atoms with Crippen molar-refractivity contribution in [2.45, 2.75) is 57.7 Å². The van der Waals surface area contributed by atoms with E-state index in [0.717, 1.165) is 6.42 Å². The third kappa shape index (κ3) is 9.72. The van der Waals surface area contributed by atoms with Gasteiger partial charge >= 0.3 is 0 Å². The van der Waals surface area contributed by atoms with Gasteiger partial charge in [-0.2, -0.15) is 0 Å². The number of aromatic hydroxyl groups is 1. The molecule has 1 atom stereocenters. The van der Waals surface area contributed by atoms with Crippen LogP contribution in [-0.4, -0.2) is 41.5 Å². The molecule has 2 rings (SSSR count). The van der Waals surface area contributed by atoms with Crippen LogP contribution in [0.3, 0.4) is 0 Å². The van der Waals surface area contributed by atoms with Gasteiger partial charge in [0, 0.05) is 28.0 Å². The third-order valence-corrected chi connectivity index (χ3v) is 4.82. The van der Waals surface area contributed by atoms with E-state index in [2.05, 4.69) is 5.32 Å². The highest BCUT2D eigenvalue weighted by Gasteiger charge is 2.09. The van der Waals surface area contributed by atoms with Crippen LogP contribution in [0, 0.1) is 0 Å². The minimum Gasteiger partial charge on any atom is -0.508 e. The molecule has 30 heavy (non-hydrogen) atoms. The fourth-order valence-corrected chi connectivity index (χ4v) is 3.03. The molecule has 0 fully saturated rings. The van der Waals surface area contributed by atoms with Crippen LogP contribution in [0.25, 0.3) is 0 Å². The summed E-state index contributed by atoms with van der Waals surface area (Å²) in [6.07, 6.45) is 3.09. The van der Waals surface area contributed by atoms with Crippen LogP contribution in [-0.2, 0) is 17.8 Å².